The normalized spacial score (nSPS) is 18.1. The lowest BCUT2D eigenvalue weighted by Gasteiger charge is -2.34. The Labute approximate surface area is 214 Å². The van der Waals surface area contributed by atoms with Crippen LogP contribution in [0, 0.1) is 6.92 Å². The molecule has 0 saturated carbocycles. The molecule has 2 heterocycles. The van der Waals surface area contributed by atoms with Crippen molar-refractivity contribution >= 4 is 27.2 Å². The van der Waals surface area contributed by atoms with Crippen LogP contribution in [-0.2, 0) is 21.4 Å². The molecule has 2 aliphatic heterocycles. The van der Waals surface area contributed by atoms with Crippen molar-refractivity contribution in [2.24, 2.45) is 0 Å². The Bertz CT molecular complexity index is 1240. The Hall–Kier alpha value is -2.88. The lowest BCUT2D eigenvalue weighted by molar-refractivity contribution is -0.130. The van der Waals surface area contributed by atoms with Crippen molar-refractivity contribution < 1.29 is 17.9 Å². The molecule has 194 valence electrons. The second kappa shape index (κ2) is 10.6. The smallest absolute Gasteiger partial charge is 0.244 e. The Morgan fingerprint density at radius 2 is 1.78 bits per heavy atom. The highest BCUT2D eigenvalue weighted by atomic mass is 32.2. The van der Waals surface area contributed by atoms with E-state index in [1.54, 1.807) is 38.1 Å². The van der Waals surface area contributed by atoms with Gasteiger partial charge in [0.2, 0.25) is 15.9 Å². The average molecular weight is 513 g/mol. The van der Waals surface area contributed by atoms with Crippen molar-refractivity contribution in [2.75, 3.05) is 65.4 Å². The first kappa shape index (κ1) is 26.2. The van der Waals surface area contributed by atoms with Crippen molar-refractivity contribution in [3.63, 3.8) is 0 Å². The third-order valence-electron chi connectivity index (χ3n) is 7.06. The van der Waals surface area contributed by atoms with E-state index in [1.807, 2.05) is 0 Å². The minimum absolute atomic E-state index is 0.101. The topological polar surface area (TPSA) is 73.4 Å². The summed E-state index contributed by atoms with van der Waals surface area (Å²) >= 11 is 0. The van der Waals surface area contributed by atoms with Crippen molar-refractivity contribution in [2.45, 2.75) is 24.8 Å². The van der Waals surface area contributed by atoms with Gasteiger partial charge in [0, 0.05) is 70.5 Å². The summed E-state index contributed by atoms with van der Waals surface area (Å²) in [7, 11) is 1.72. The zero-order valence-corrected chi connectivity index (χ0v) is 22.5. The number of carbonyl (C=O) groups is 1. The highest BCUT2D eigenvalue weighted by molar-refractivity contribution is 7.89. The summed E-state index contributed by atoms with van der Waals surface area (Å²) < 4.78 is 33.3. The van der Waals surface area contributed by atoms with Crippen LogP contribution in [0.1, 0.15) is 23.1 Å². The number of amides is 1. The van der Waals surface area contributed by atoms with Crippen LogP contribution in [0.5, 0.6) is 5.75 Å². The fourth-order valence-corrected chi connectivity index (χ4v) is 6.69. The monoisotopic (exact) mass is 512 g/mol. The third-order valence-corrected chi connectivity index (χ3v) is 9.10. The SMILES string of the molecule is C=C1CN(CCC(=O)N(C)Cc2ccc(N3CCN(C)CC3)cc2)S(=O)(=O)c2c(C)cc(OC)cc21. The molecule has 0 bridgehead atoms. The Balaban J connectivity index is 1.36. The van der Waals surface area contributed by atoms with Crippen LogP contribution in [0.4, 0.5) is 5.69 Å². The van der Waals surface area contributed by atoms with Gasteiger partial charge in [-0.25, -0.2) is 8.42 Å². The molecule has 1 fully saturated rings. The predicted octanol–water partition coefficient (Wildman–Crippen LogP) is 2.82. The molecule has 4 rings (SSSR count). The molecular weight excluding hydrogens is 476 g/mol. The predicted molar refractivity (Wildman–Crippen MR) is 143 cm³/mol. The summed E-state index contributed by atoms with van der Waals surface area (Å²) in [4.78, 5) is 19.5. The highest BCUT2D eigenvalue weighted by Gasteiger charge is 2.35. The van der Waals surface area contributed by atoms with E-state index in [2.05, 4.69) is 47.7 Å². The number of sulfonamides is 1. The lowest BCUT2D eigenvalue weighted by atomic mass is 10.0. The molecule has 1 saturated heterocycles. The van der Waals surface area contributed by atoms with Gasteiger partial charge in [0.05, 0.1) is 12.0 Å². The molecule has 0 spiro atoms. The number of nitrogens with zero attached hydrogens (tertiary/aromatic N) is 4. The second-order valence-corrected chi connectivity index (χ2v) is 11.6. The molecular formula is C27H36N4O4S. The van der Waals surface area contributed by atoms with Gasteiger partial charge in [-0.3, -0.25) is 4.79 Å². The largest absolute Gasteiger partial charge is 0.497 e. The minimum Gasteiger partial charge on any atom is -0.497 e. The number of rotatable bonds is 7. The van der Waals surface area contributed by atoms with Gasteiger partial charge in [-0.1, -0.05) is 18.7 Å². The fraction of sp³-hybridized carbons (Fsp3) is 0.444. The molecule has 1 amide bonds. The van der Waals surface area contributed by atoms with Crippen LogP contribution in [0.25, 0.3) is 5.57 Å². The first-order valence-electron chi connectivity index (χ1n) is 12.2. The molecule has 2 aromatic rings. The maximum Gasteiger partial charge on any atom is 0.244 e. The number of piperazine rings is 1. The maximum absolute atomic E-state index is 13.3. The summed E-state index contributed by atoms with van der Waals surface area (Å²) in [6.45, 7) is 10.7. The first-order chi connectivity index (χ1) is 17.1. The molecule has 0 aromatic heterocycles. The number of aryl methyl sites for hydroxylation is 1. The second-order valence-electron chi connectivity index (χ2n) is 9.72. The number of fused-ring (bicyclic) bond motifs is 1. The molecule has 0 unspecified atom stereocenters. The number of hydrogen-bond acceptors (Lipinski definition) is 6. The van der Waals surface area contributed by atoms with Crippen molar-refractivity contribution in [1.29, 1.82) is 0 Å². The molecule has 0 aliphatic carbocycles. The summed E-state index contributed by atoms with van der Waals surface area (Å²) in [5.74, 6) is 0.501. The van der Waals surface area contributed by atoms with E-state index < -0.39 is 10.0 Å². The molecule has 9 heteroatoms. The fourth-order valence-electron chi connectivity index (χ4n) is 4.83. The van der Waals surface area contributed by atoms with Crippen LogP contribution in [0.3, 0.4) is 0 Å². The van der Waals surface area contributed by atoms with Gasteiger partial charge >= 0.3 is 0 Å². The number of methoxy groups -OCH3 is 1. The Kier molecular flexibility index (Phi) is 7.73. The van der Waals surface area contributed by atoms with Gasteiger partial charge in [-0.15, -0.1) is 0 Å². The van der Waals surface area contributed by atoms with E-state index in [-0.39, 0.29) is 30.3 Å². The summed E-state index contributed by atoms with van der Waals surface area (Å²) in [6.07, 6.45) is 0.104. The molecule has 36 heavy (non-hydrogen) atoms. The van der Waals surface area contributed by atoms with E-state index in [9.17, 15) is 13.2 Å². The maximum atomic E-state index is 13.3. The molecule has 0 atom stereocenters. The standard InChI is InChI=1S/C27H36N4O4S/c1-20-16-24(35-5)17-25-21(2)18-31(36(33,34)27(20)25)11-10-26(32)29(4)19-22-6-8-23(9-7-22)30-14-12-28(3)13-15-30/h6-9,16-17H,2,10-15,18-19H2,1,3-5H3. The number of likely N-dealkylation sites (N-methyl/N-ethyl adjacent to an activating group) is 1. The van der Waals surface area contributed by atoms with Crippen LogP contribution in [0.15, 0.2) is 47.9 Å². The molecule has 0 radical (unpaired) electrons. The van der Waals surface area contributed by atoms with Gasteiger partial charge in [0.15, 0.2) is 0 Å². The first-order valence-corrected chi connectivity index (χ1v) is 13.7. The average Bonchev–Trinajstić information content (AvgIpc) is 2.85. The van der Waals surface area contributed by atoms with Crippen LogP contribution in [-0.4, -0.2) is 88.9 Å². The lowest BCUT2D eigenvalue weighted by Crippen LogP contribution is -2.44. The minimum atomic E-state index is -3.73. The van der Waals surface area contributed by atoms with Crippen molar-refractivity contribution in [3.8, 4) is 5.75 Å². The van der Waals surface area contributed by atoms with E-state index >= 15 is 0 Å². The summed E-state index contributed by atoms with van der Waals surface area (Å²) in [6, 6.07) is 11.8. The van der Waals surface area contributed by atoms with E-state index in [0.29, 0.717) is 29.0 Å². The number of hydrogen-bond donors (Lipinski definition) is 0. The quantitative estimate of drug-likeness (QED) is 0.568. The molecule has 2 aliphatic rings. The Morgan fingerprint density at radius 3 is 2.42 bits per heavy atom. The summed E-state index contributed by atoms with van der Waals surface area (Å²) in [5, 5.41) is 0. The Morgan fingerprint density at radius 1 is 1.11 bits per heavy atom. The zero-order chi connectivity index (χ0) is 26.0. The van der Waals surface area contributed by atoms with Crippen LogP contribution in [0.2, 0.25) is 0 Å². The third kappa shape index (κ3) is 5.43. The van der Waals surface area contributed by atoms with Crippen molar-refractivity contribution in [3.05, 3.63) is 59.7 Å². The van der Waals surface area contributed by atoms with Crippen molar-refractivity contribution in [1.82, 2.24) is 14.1 Å². The molecule has 2 aromatic carbocycles. The van der Waals surface area contributed by atoms with E-state index in [4.69, 9.17) is 4.74 Å². The molecule has 0 N–H and O–H groups in total. The van der Waals surface area contributed by atoms with Gasteiger partial charge < -0.3 is 19.4 Å². The molecule has 8 nitrogen and oxygen atoms in total. The van der Waals surface area contributed by atoms with Gasteiger partial charge in [0.1, 0.15) is 5.75 Å². The van der Waals surface area contributed by atoms with E-state index in [0.717, 1.165) is 31.7 Å². The number of benzene rings is 2. The van der Waals surface area contributed by atoms with Crippen LogP contribution >= 0.6 is 0 Å². The number of carbonyl (C=O) groups excluding carboxylic acids is 1. The van der Waals surface area contributed by atoms with E-state index in [1.165, 1.54) is 9.99 Å². The van der Waals surface area contributed by atoms with Crippen LogP contribution < -0.4 is 9.64 Å². The number of ether oxygens (including phenoxy) is 1. The summed E-state index contributed by atoms with van der Waals surface area (Å²) in [5.41, 5.74) is 4.14. The van der Waals surface area contributed by atoms with Gasteiger partial charge in [-0.05, 0) is 54.9 Å². The van der Waals surface area contributed by atoms with Gasteiger partial charge in [-0.2, -0.15) is 4.31 Å². The highest BCUT2D eigenvalue weighted by Crippen LogP contribution is 2.37. The van der Waals surface area contributed by atoms with Gasteiger partial charge in [0.25, 0.3) is 0 Å². The zero-order valence-electron chi connectivity index (χ0n) is 21.7. The number of anilines is 1.